The molecule has 1 aliphatic carbocycles. The van der Waals surface area contributed by atoms with Gasteiger partial charge in [0, 0.05) is 37.6 Å². The van der Waals surface area contributed by atoms with Crippen LogP contribution in [0.4, 0.5) is 13.2 Å². The Morgan fingerprint density at radius 3 is 2.09 bits per heavy atom. The Morgan fingerprint density at radius 1 is 1.21 bits per heavy atom. The quantitative estimate of drug-likeness (QED) is 0.192. The average Bonchev–Trinajstić information content (AvgIpc) is 3.29. The van der Waals surface area contributed by atoms with Crippen molar-refractivity contribution >= 4 is 29.3 Å². The van der Waals surface area contributed by atoms with Gasteiger partial charge in [-0.1, -0.05) is 13.3 Å². The van der Waals surface area contributed by atoms with Gasteiger partial charge in [-0.3, -0.25) is 4.79 Å². The number of halogens is 3. The maximum absolute atomic E-state index is 13.0. The molecule has 0 aromatic rings. The predicted octanol–water partition coefficient (Wildman–Crippen LogP) is -1.36. The van der Waals surface area contributed by atoms with Gasteiger partial charge in [0.2, 0.25) is 0 Å². The first kappa shape index (κ1) is 29.5. The Bertz CT molecular complexity index is 812. The lowest BCUT2D eigenvalue weighted by molar-refractivity contribution is -0.192. The Hall–Kier alpha value is -1.50. The predicted molar refractivity (Wildman–Crippen MR) is 110 cm³/mol. The van der Waals surface area contributed by atoms with Crippen LogP contribution in [0, 0.1) is 5.92 Å². The molecule has 2 rings (SSSR count). The number of aliphatic carboxylic acids is 2. The van der Waals surface area contributed by atoms with Crippen molar-refractivity contribution in [2.75, 3.05) is 26.2 Å². The zero-order chi connectivity index (χ0) is 25.8. The third-order valence-electron chi connectivity index (χ3n) is 5.63. The van der Waals surface area contributed by atoms with Crippen LogP contribution >= 0.6 is 0 Å². The number of hydrogen-bond acceptors (Lipinski definition) is 8. The number of carbonyl (C=O) groups is 2. The summed E-state index contributed by atoms with van der Waals surface area (Å²) in [6.45, 7) is 1.83. The Labute approximate surface area is 189 Å². The molecule has 192 valence electrons. The lowest BCUT2D eigenvalue weighted by Gasteiger charge is -2.29. The minimum absolute atomic E-state index is 0.0132. The van der Waals surface area contributed by atoms with E-state index in [0.29, 0.717) is 12.8 Å². The number of carboxylic acids is 2. The molecule has 2 fully saturated rings. The lowest BCUT2D eigenvalue weighted by atomic mass is 9.78. The molecule has 2 atom stereocenters. The van der Waals surface area contributed by atoms with E-state index in [0.717, 1.165) is 17.1 Å². The lowest BCUT2D eigenvalue weighted by Crippen LogP contribution is -2.56. The van der Waals surface area contributed by atoms with Crippen molar-refractivity contribution < 1.29 is 51.4 Å². The highest BCUT2D eigenvalue weighted by Crippen LogP contribution is 2.36. The smallest absolute Gasteiger partial charge is 0.480 e. The topological polar surface area (TPSA) is 208 Å². The molecule has 0 aromatic carbocycles. The number of carboxylic acid groups (broad SMARTS) is 2. The molecule has 0 radical (unpaired) electrons. The highest BCUT2D eigenvalue weighted by atomic mass is 32.2. The fourth-order valence-electron chi connectivity index (χ4n) is 3.40. The SMILES string of the molecule is CCN(CC1(N)CC1)S(=O)(=O)N1C[C@H](CCCB(O)O)[C@](N)(C(=O)O)C1.O=C(O)C(F)(F)F. The summed E-state index contributed by atoms with van der Waals surface area (Å²) in [5.41, 5.74) is 9.91. The van der Waals surface area contributed by atoms with E-state index in [1.807, 2.05) is 0 Å². The first-order valence-corrected chi connectivity index (χ1v) is 11.5. The average molecular weight is 506 g/mol. The molecule has 0 spiro atoms. The van der Waals surface area contributed by atoms with E-state index >= 15 is 0 Å². The summed E-state index contributed by atoms with van der Waals surface area (Å²) in [4.78, 5) is 20.6. The second kappa shape index (κ2) is 10.8. The van der Waals surface area contributed by atoms with Crippen LogP contribution in [-0.2, 0) is 19.8 Å². The van der Waals surface area contributed by atoms with Crippen LogP contribution in [-0.4, -0.2) is 99.8 Å². The number of rotatable bonds is 10. The summed E-state index contributed by atoms with van der Waals surface area (Å²) >= 11 is 0. The molecule has 2 aliphatic rings. The number of hydrogen-bond donors (Lipinski definition) is 6. The van der Waals surface area contributed by atoms with Gasteiger partial charge in [-0.25, -0.2) is 4.79 Å². The van der Waals surface area contributed by atoms with Crippen molar-refractivity contribution in [3.63, 3.8) is 0 Å². The molecular weight excluding hydrogens is 476 g/mol. The van der Waals surface area contributed by atoms with Crippen molar-refractivity contribution in [3.8, 4) is 0 Å². The van der Waals surface area contributed by atoms with Gasteiger partial charge in [0.05, 0.1) is 0 Å². The summed E-state index contributed by atoms with van der Waals surface area (Å²) in [6.07, 6.45) is -2.84. The molecule has 0 unspecified atom stereocenters. The van der Waals surface area contributed by atoms with Crippen molar-refractivity contribution in [1.82, 2.24) is 8.61 Å². The molecule has 1 aliphatic heterocycles. The van der Waals surface area contributed by atoms with Gasteiger partial charge in [-0.05, 0) is 25.6 Å². The number of alkyl halides is 3. The first-order chi connectivity index (χ1) is 14.9. The zero-order valence-corrected chi connectivity index (χ0v) is 18.8. The fourth-order valence-corrected chi connectivity index (χ4v) is 5.22. The van der Waals surface area contributed by atoms with Gasteiger partial charge in [0.1, 0.15) is 5.54 Å². The summed E-state index contributed by atoms with van der Waals surface area (Å²) in [5, 5.41) is 34.6. The standard InChI is InChI=1S/C14H29BN4O6S.C2HF3O2/c1-2-18(9-13(16)5-6-13)26(24,25)19-8-11(4-3-7-15(22)23)14(17,10-19)12(20)21;3-2(4,5)1(6)7/h11,22-23H,2-10,16-17H2,1H3,(H,20,21);(H,6,7)/t11-,14-;/m0./s1. The molecule has 1 saturated carbocycles. The first-order valence-electron chi connectivity index (χ1n) is 10.1. The fraction of sp³-hybridized carbons (Fsp3) is 0.875. The second-order valence-electron chi connectivity index (χ2n) is 8.35. The van der Waals surface area contributed by atoms with Crippen molar-refractivity contribution in [1.29, 1.82) is 0 Å². The van der Waals surface area contributed by atoms with Crippen LogP contribution in [0.5, 0.6) is 0 Å². The molecule has 33 heavy (non-hydrogen) atoms. The Morgan fingerprint density at radius 2 is 1.73 bits per heavy atom. The van der Waals surface area contributed by atoms with Gasteiger partial charge < -0.3 is 31.7 Å². The van der Waals surface area contributed by atoms with Gasteiger partial charge in [0.25, 0.3) is 10.2 Å². The van der Waals surface area contributed by atoms with Crippen LogP contribution in [0.15, 0.2) is 0 Å². The van der Waals surface area contributed by atoms with Crippen LogP contribution < -0.4 is 11.5 Å². The molecule has 1 heterocycles. The van der Waals surface area contributed by atoms with E-state index in [4.69, 9.17) is 31.4 Å². The summed E-state index contributed by atoms with van der Waals surface area (Å²) in [5.74, 6) is -4.63. The van der Waals surface area contributed by atoms with Crippen LogP contribution in [0.25, 0.3) is 0 Å². The molecular formula is C16H30BF3N4O8S. The maximum atomic E-state index is 13.0. The molecule has 17 heteroatoms. The molecule has 8 N–H and O–H groups in total. The minimum atomic E-state index is -5.08. The second-order valence-corrected chi connectivity index (χ2v) is 10.3. The highest BCUT2D eigenvalue weighted by molar-refractivity contribution is 7.86. The van der Waals surface area contributed by atoms with E-state index in [-0.39, 0.29) is 32.5 Å². The van der Waals surface area contributed by atoms with Crippen molar-refractivity contribution in [3.05, 3.63) is 0 Å². The highest BCUT2D eigenvalue weighted by Gasteiger charge is 2.54. The third kappa shape index (κ3) is 8.05. The monoisotopic (exact) mass is 506 g/mol. The number of likely N-dealkylation sites (N-methyl/N-ethyl adjacent to an activating group) is 1. The molecule has 12 nitrogen and oxygen atoms in total. The molecule has 1 saturated heterocycles. The van der Waals surface area contributed by atoms with E-state index in [1.165, 1.54) is 4.31 Å². The summed E-state index contributed by atoms with van der Waals surface area (Å²) < 4.78 is 60.1. The Kier molecular flexibility index (Phi) is 9.70. The van der Waals surface area contributed by atoms with E-state index in [1.54, 1.807) is 6.92 Å². The summed E-state index contributed by atoms with van der Waals surface area (Å²) in [6, 6.07) is 0. The molecule has 0 amide bonds. The van der Waals surface area contributed by atoms with Crippen LogP contribution in [0.3, 0.4) is 0 Å². The Balaban J connectivity index is 0.000000675. The zero-order valence-electron chi connectivity index (χ0n) is 18.0. The van der Waals surface area contributed by atoms with Crippen molar-refractivity contribution in [2.24, 2.45) is 17.4 Å². The van der Waals surface area contributed by atoms with E-state index < -0.39 is 52.4 Å². The van der Waals surface area contributed by atoms with E-state index in [2.05, 4.69) is 0 Å². The third-order valence-corrected chi connectivity index (χ3v) is 7.61. The van der Waals surface area contributed by atoms with Crippen LogP contribution in [0.1, 0.15) is 32.6 Å². The largest absolute Gasteiger partial charge is 0.490 e. The van der Waals surface area contributed by atoms with Gasteiger partial charge >= 0.3 is 25.2 Å². The molecule has 0 bridgehead atoms. The van der Waals surface area contributed by atoms with Gasteiger partial charge in [-0.2, -0.15) is 30.2 Å². The number of nitrogens with two attached hydrogens (primary N) is 2. The summed E-state index contributed by atoms with van der Waals surface area (Å²) in [7, 11) is -5.36. The normalized spacial score (nSPS) is 24.8. The van der Waals surface area contributed by atoms with Gasteiger partial charge in [0.15, 0.2) is 0 Å². The minimum Gasteiger partial charge on any atom is -0.480 e. The van der Waals surface area contributed by atoms with Crippen LogP contribution in [0.2, 0.25) is 6.32 Å². The van der Waals surface area contributed by atoms with Crippen molar-refractivity contribution in [2.45, 2.75) is 56.2 Å². The maximum Gasteiger partial charge on any atom is 0.490 e. The number of nitrogens with zero attached hydrogens (tertiary/aromatic N) is 2. The molecule has 0 aromatic heterocycles. The van der Waals surface area contributed by atoms with E-state index in [9.17, 15) is 31.5 Å². The van der Waals surface area contributed by atoms with Gasteiger partial charge in [-0.15, -0.1) is 0 Å².